The Balaban J connectivity index is 1.79. The molecule has 0 saturated heterocycles. The maximum atomic E-state index is 12.4. The second-order valence-corrected chi connectivity index (χ2v) is 7.21. The minimum atomic E-state index is -0.456. The lowest BCUT2D eigenvalue weighted by Gasteiger charge is -2.28. The summed E-state index contributed by atoms with van der Waals surface area (Å²) in [5.41, 5.74) is 1.59. The lowest BCUT2D eigenvalue weighted by Crippen LogP contribution is -2.50. The Hall–Kier alpha value is -2.52. The third-order valence-corrected chi connectivity index (χ3v) is 5.04. The number of thioether (sulfide) groups is 1. The Labute approximate surface area is 171 Å². The van der Waals surface area contributed by atoms with Gasteiger partial charge in [-0.15, -0.1) is 10.2 Å². The maximum Gasteiger partial charge on any atom is 0.337 e. The van der Waals surface area contributed by atoms with Crippen LogP contribution in [0, 0.1) is 0 Å². The van der Waals surface area contributed by atoms with Gasteiger partial charge in [-0.1, -0.05) is 36.4 Å². The number of nitrogens with one attached hydrogen (secondary N) is 2. The third-order valence-electron chi connectivity index (χ3n) is 3.96. The van der Waals surface area contributed by atoms with Gasteiger partial charge in [0.05, 0.1) is 18.2 Å². The molecule has 1 aliphatic heterocycles. The molecule has 1 aromatic heterocycles. The molecule has 0 spiro atoms. The minimum absolute atomic E-state index is 0.250. The fourth-order valence-electron chi connectivity index (χ4n) is 2.72. The number of halogens is 1. The van der Waals surface area contributed by atoms with Crippen LogP contribution in [-0.2, 0) is 9.53 Å². The average Bonchev–Trinajstić information content (AvgIpc) is 3.15. The van der Waals surface area contributed by atoms with Crippen molar-refractivity contribution in [2.75, 3.05) is 12.4 Å². The van der Waals surface area contributed by atoms with E-state index in [0.29, 0.717) is 39.4 Å². The number of hydrogen-bond donors (Lipinski definition) is 2. The third kappa shape index (κ3) is 4.66. The van der Waals surface area contributed by atoms with Crippen LogP contribution in [0.5, 0.6) is 0 Å². The van der Waals surface area contributed by atoms with Crippen LogP contribution in [-0.4, -0.2) is 40.6 Å². The van der Waals surface area contributed by atoms with Crippen LogP contribution in [0.25, 0.3) is 11.5 Å². The van der Waals surface area contributed by atoms with Crippen molar-refractivity contribution in [1.82, 2.24) is 20.8 Å². The van der Waals surface area contributed by atoms with Crippen molar-refractivity contribution < 1.29 is 18.7 Å². The number of amides is 2. The first-order chi connectivity index (χ1) is 13.5. The van der Waals surface area contributed by atoms with Crippen LogP contribution >= 0.6 is 23.4 Å². The molecule has 1 unspecified atom stereocenters. The summed E-state index contributed by atoms with van der Waals surface area (Å²) in [6, 6.07) is 6.32. The van der Waals surface area contributed by atoms with E-state index in [0.717, 1.165) is 0 Å². The summed E-state index contributed by atoms with van der Waals surface area (Å²) in [6.45, 7) is 3.87. The summed E-state index contributed by atoms with van der Waals surface area (Å²) >= 11 is 7.20. The van der Waals surface area contributed by atoms with E-state index in [1.54, 1.807) is 25.1 Å². The van der Waals surface area contributed by atoms with Gasteiger partial charge in [-0.3, -0.25) is 0 Å². The van der Waals surface area contributed by atoms with Gasteiger partial charge in [0, 0.05) is 22.0 Å². The summed E-state index contributed by atoms with van der Waals surface area (Å²) in [6.07, 6.45) is 0.565. The molecular formula is C18H19ClN4O4S. The molecule has 10 heteroatoms. The molecule has 8 nitrogen and oxygen atoms in total. The molecular weight excluding hydrogens is 404 g/mol. The molecule has 0 saturated carbocycles. The molecule has 3 rings (SSSR count). The SMILES string of the molecule is CCOC(=O)C1=C(CSc2nnc(-c3cccc(Cl)c3)o2)NC(=O)NC1CC. The van der Waals surface area contributed by atoms with E-state index in [9.17, 15) is 9.59 Å². The van der Waals surface area contributed by atoms with Gasteiger partial charge in [-0.05, 0) is 31.5 Å². The summed E-state index contributed by atoms with van der Waals surface area (Å²) < 4.78 is 10.8. The van der Waals surface area contributed by atoms with Crippen molar-refractivity contribution in [2.24, 2.45) is 0 Å². The van der Waals surface area contributed by atoms with Crippen molar-refractivity contribution in [3.8, 4) is 11.5 Å². The predicted octanol–water partition coefficient (Wildman–Crippen LogP) is 3.39. The van der Waals surface area contributed by atoms with E-state index in [-0.39, 0.29) is 18.4 Å². The molecule has 1 aromatic carbocycles. The molecule has 2 heterocycles. The van der Waals surface area contributed by atoms with Gasteiger partial charge < -0.3 is 19.8 Å². The second-order valence-electron chi connectivity index (χ2n) is 5.84. The zero-order chi connectivity index (χ0) is 20.1. The Kier molecular flexibility index (Phi) is 6.58. The number of urea groups is 1. The van der Waals surface area contributed by atoms with Gasteiger partial charge in [0.25, 0.3) is 5.22 Å². The average molecular weight is 423 g/mol. The summed E-state index contributed by atoms with van der Waals surface area (Å²) in [4.78, 5) is 24.3. The lowest BCUT2D eigenvalue weighted by molar-refractivity contribution is -0.139. The number of aromatic nitrogens is 2. The van der Waals surface area contributed by atoms with E-state index >= 15 is 0 Å². The number of carbonyl (C=O) groups excluding carboxylic acids is 2. The summed E-state index contributed by atoms with van der Waals surface area (Å²) in [5, 5.41) is 14.3. The van der Waals surface area contributed by atoms with Gasteiger partial charge in [0.1, 0.15) is 0 Å². The van der Waals surface area contributed by atoms with Crippen molar-refractivity contribution in [2.45, 2.75) is 31.5 Å². The van der Waals surface area contributed by atoms with Gasteiger partial charge in [0.15, 0.2) is 0 Å². The van der Waals surface area contributed by atoms with Crippen LogP contribution in [0.15, 0.2) is 45.2 Å². The fraction of sp³-hybridized carbons (Fsp3) is 0.333. The quantitative estimate of drug-likeness (QED) is 0.520. The number of carbonyl (C=O) groups is 2. The standard InChI is InChI=1S/C18H19ClN4O4S/c1-3-12-14(16(24)26-4-2)13(21-17(25)20-12)9-28-18-23-22-15(27-18)10-6-5-7-11(19)8-10/h5-8,12H,3-4,9H2,1-2H3,(H2,20,21,25). The first-order valence-electron chi connectivity index (χ1n) is 8.71. The van der Waals surface area contributed by atoms with Gasteiger partial charge in [-0.2, -0.15) is 0 Å². The maximum absolute atomic E-state index is 12.4. The molecule has 2 amide bonds. The first kappa shape index (κ1) is 20.2. The van der Waals surface area contributed by atoms with Gasteiger partial charge in [-0.25, -0.2) is 9.59 Å². The Morgan fingerprint density at radius 1 is 1.36 bits per heavy atom. The molecule has 28 heavy (non-hydrogen) atoms. The molecule has 0 aliphatic carbocycles. The van der Waals surface area contributed by atoms with Crippen LogP contribution in [0.2, 0.25) is 5.02 Å². The highest BCUT2D eigenvalue weighted by Crippen LogP contribution is 2.27. The van der Waals surface area contributed by atoms with E-state index < -0.39 is 12.0 Å². The zero-order valence-corrected chi connectivity index (χ0v) is 16.9. The molecule has 1 atom stereocenters. The van der Waals surface area contributed by atoms with Crippen LogP contribution in [0.4, 0.5) is 4.79 Å². The van der Waals surface area contributed by atoms with Crippen molar-refractivity contribution >= 4 is 35.4 Å². The molecule has 148 valence electrons. The molecule has 1 aliphatic rings. The van der Waals surface area contributed by atoms with E-state index in [1.807, 2.05) is 13.0 Å². The zero-order valence-electron chi connectivity index (χ0n) is 15.3. The number of benzene rings is 1. The van der Waals surface area contributed by atoms with Crippen molar-refractivity contribution in [3.63, 3.8) is 0 Å². The molecule has 2 aromatic rings. The first-order valence-corrected chi connectivity index (χ1v) is 10.1. The van der Waals surface area contributed by atoms with Crippen LogP contribution < -0.4 is 10.6 Å². The van der Waals surface area contributed by atoms with E-state index in [2.05, 4.69) is 20.8 Å². The number of nitrogens with zero attached hydrogens (tertiary/aromatic N) is 2. The molecule has 0 radical (unpaired) electrons. The highest BCUT2D eigenvalue weighted by atomic mass is 35.5. The monoisotopic (exact) mass is 422 g/mol. The van der Waals surface area contributed by atoms with Crippen molar-refractivity contribution in [1.29, 1.82) is 0 Å². The molecule has 0 bridgehead atoms. The van der Waals surface area contributed by atoms with Crippen molar-refractivity contribution in [3.05, 3.63) is 40.6 Å². The van der Waals surface area contributed by atoms with Crippen LogP contribution in [0.1, 0.15) is 20.3 Å². The number of rotatable bonds is 7. The highest BCUT2D eigenvalue weighted by molar-refractivity contribution is 7.99. The topological polar surface area (TPSA) is 106 Å². The van der Waals surface area contributed by atoms with Gasteiger partial charge in [0.2, 0.25) is 5.89 Å². The Bertz CT molecular complexity index is 914. The number of hydrogen-bond acceptors (Lipinski definition) is 7. The summed E-state index contributed by atoms with van der Waals surface area (Å²) in [7, 11) is 0. The Morgan fingerprint density at radius 2 is 2.18 bits per heavy atom. The number of ether oxygens (including phenoxy) is 1. The predicted molar refractivity (Wildman–Crippen MR) is 105 cm³/mol. The smallest absolute Gasteiger partial charge is 0.337 e. The fourth-order valence-corrected chi connectivity index (χ4v) is 3.64. The Morgan fingerprint density at radius 3 is 2.89 bits per heavy atom. The molecule has 2 N–H and O–H groups in total. The van der Waals surface area contributed by atoms with Crippen LogP contribution in [0.3, 0.4) is 0 Å². The highest BCUT2D eigenvalue weighted by Gasteiger charge is 2.31. The number of esters is 1. The van der Waals surface area contributed by atoms with E-state index in [4.69, 9.17) is 20.8 Å². The molecule has 0 fully saturated rings. The minimum Gasteiger partial charge on any atom is -0.463 e. The normalized spacial score (nSPS) is 16.5. The van der Waals surface area contributed by atoms with E-state index in [1.165, 1.54) is 11.8 Å². The summed E-state index contributed by atoms with van der Waals surface area (Å²) in [5.74, 6) is 0.155. The second kappa shape index (κ2) is 9.11. The van der Waals surface area contributed by atoms with Gasteiger partial charge >= 0.3 is 12.0 Å². The largest absolute Gasteiger partial charge is 0.463 e. The lowest BCUT2D eigenvalue weighted by atomic mass is 10.0.